The Balaban J connectivity index is 1.33. The van der Waals surface area contributed by atoms with Gasteiger partial charge in [0.15, 0.2) is 5.65 Å². The molecule has 2 aliphatic rings. The van der Waals surface area contributed by atoms with Gasteiger partial charge in [0, 0.05) is 37.1 Å². The highest BCUT2D eigenvalue weighted by molar-refractivity contribution is 6.06. The fraction of sp³-hybridized carbons (Fsp3) is 0.250. The van der Waals surface area contributed by atoms with E-state index in [1.54, 1.807) is 12.4 Å². The fourth-order valence-corrected chi connectivity index (χ4v) is 4.61. The number of pyridine rings is 1. The average Bonchev–Trinajstić information content (AvgIpc) is 3.45. The number of hydrogen-bond donors (Lipinski definition) is 2. The normalized spacial score (nSPS) is 17.8. The Morgan fingerprint density at radius 3 is 2.94 bits per heavy atom. The molecule has 9 nitrogen and oxygen atoms in total. The Hall–Kier alpha value is -3.98. The standard InChI is InChI=1S/C24H23N7O2/c1-15-14-33-9-8-30(15)16-2-5-21(26-10-16)29-19-4-3-17(18-11-28-24(32)23(18)19)20-12-27-22-13-25-6-7-31(20)22/h2-7,10,12-13,15H,8-9,11,14H2,1H3,(H,26,29)(H,28,32)/t15-/m1/s1. The molecule has 6 rings (SSSR count). The lowest BCUT2D eigenvalue weighted by molar-refractivity contribution is 0.0966. The highest BCUT2D eigenvalue weighted by atomic mass is 16.5. The van der Waals surface area contributed by atoms with Crippen LogP contribution in [0.4, 0.5) is 17.2 Å². The molecule has 0 bridgehead atoms. The molecule has 0 saturated carbocycles. The molecule has 9 heteroatoms. The van der Waals surface area contributed by atoms with Crippen molar-refractivity contribution in [3.63, 3.8) is 0 Å². The number of carbonyl (C=O) groups is 1. The molecule has 166 valence electrons. The Morgan fingerprint density at radius 2 is 2.09 bits per heavy atom. The van der Waals surface area contributed by atoms with E-state index < -0.39 is 0 Å². The van der Waals surface area contributed by atoms with E-state index in [1.165, 1.54) is 0 Å². The highest BCUT2D eigenvalue weighted by Crippen LogP contribution is 2.35. The van der Waals surface area contributed by atoms with Crippen LogP contribution in [0.1, 0.15) is 22.8 Å². The van der Waals surface area contributed by atoms with Crippen molar-refractivity contribution in [2.45, 2.75) is 19.5 Å². The third kappa shape index (κ3) is 3.37. The van der Waals surface area contributed by atoms with Crippen LogP contribution in [-0.4, -0.2) is 51.1 Å². The number of fused-ring (bicyclic) bond motifs is 2. The summed E-state index contributed by atoms with van der Waals surface area (Å²) in [5.74, 6) is 0.596. The molecule has 1 atom stereocenters. The first-order valence-corrected chi connectivity index (χ1v) is 11.0. The van der Waals surface area contributed by atoms with E-state index in [2.05, 4.69) is 43.5 Å². The van der Waals surface area contributed by atoms with E-state index in [0.717, 1.165) is 53.6 Å². The van der Waals surface area contributed by atoms with Crippen molar-refractivity contribution >= 4 is 28.7 Å². The van der Waals surface area contributed by atoms with E-state index in [0.29, 0.717) is 24.0 Å². The number of benzene rings is 1. The zero-order chi connectivity index (χ0) is 22.4. The third-order valence-corrected chi connectivity index (χ3v) is 6.27. The molecule has 2 aliphatic heterocycles. The van der Waals surface area contributed by atoms with Crippen LogP contribution in [-0.2, 0) is 11.3 Å². The topological polar surface area (TPSA) is 96.7 Å². The Labute approximate surface area is 190 Å². The summed E-state index contributed by atoms with van der Waals surface area (Å²) in [5.41, 5.74) is 6.05. The average molecular weight is 441 g/mol. The van der Waals surface area contributed by atoms with Crippen molar-refractivity contribution in [3.8, 4) is 11.3 Å². The van der Waals surface area contributed by atoms with Gasteiger partial charge in [-0.3, -0.25) is 14.2 Å². The first-order chi connectivity index (χ1) is 16.2. The van der Waals surface area contributed by atoms with Gasteiger partial charge in [0.1, 0.15) is 5.82 Å². The number of anilines is 3. The minimum Gasteiger partial charge on any atom is -0.377 e. The van der Waals surface area contributed by atoms with E-state index in [4.69, 9.17) is 4.74 Å². The number of ether oxygens (including phenoxy) is 1. The molecule has 0 radical (unpaired) electrons. The minimum atomic E-state index is -0.0939. The van der Waals surface area contributed by atoms with Gasteiger partial charge in [0.2, 0.25) is 0 Å². The van der Waals surface area contributed by atoms with Crippen molar-refractivity contribution in [2.24, 2.45) is 0 Å². The van der Waals surface area contributed by atoms with E-state index in [1.807, 2.05) is 41.2 Å². The van der Waals surface area contributed by atoms with Crippen LogP contribution in [0, 0.1) is 0 Å². The number of carbonyl (C=O) groups excluding carboxylic acids is 1. The van der Waals surface area contributed by atoms with Gasteiger partial charge >= 0.3 is 0 Å². The van der Waals surface area contributed by atoms with Crippen LogP contribution in [0.5, 0.6) is 0 Å². The van der Waals surface area contributed by atoms with Crippen LogP contribution in [0.25, 0.3) is 16.9 Å². The summed E-state index contributed by atoms with van der Waals surface area (Å²) in [6, 6.07) is 8.27. The monoisotopic (exact) mass is 441 g/mol. The summed E-state index contributed by atoms with van der Waals surface area (Å²) in [6.07, 6.45) is 9.00. The van der Waals surface area contributed by atoms with Crippen LogP contribution < -0.4 is 15.5 Å². The number of aromatic nitrogens is 4. The zero-order valence-corrected chi connectivity index (χ0v) is 18.2. The predicted molar refractivity (Wildman–Crippen MR) is 125 cm³/mol. The SMILES string of the molecule is C[C@@H]1COCCN1c1ccc(Nc2ccc(-c3cnc4cnccn34)c3c2C(=O)NC3)nc1. The first kappa shape index (κ1) is 19.7. The molecule has 0 aliphatic carbocycles. The van der Waals surface area contributed by atoms with Gasteiger partial charge in [-0.1, -0.05) is 6.07 Å². The molecule has 4 aromatic rings. The van der Waals surface area contributed by atoms with E-state index >= 15 is 0 Å². The second-order valence-corrected chi connectivity index (χ2v) is 8.29. The third-order valence-electron chi connectivity index (χ3n) is 6.27. The number of morpholine rings is 1. The lowest BCUT2D eigenvalue weighted by Crippen LogP contribution is -2.43. The summed E-state index contributed by atoms with van der Waals surface area (Å²) >= 11 is 0. The Morgan fingerprint density at radius 1 is 1.15 bits per heavy atom. The molecule has 0 unspecified atom stereocenters. The molecule has 0 spiro atoms. The van der Waals surface area contributed by atoms with Gasteiger partial charge < -0.3 is 20.3 Å². The van der Waals surface area contributed by atoms with E-state index in [-0.39, 0.29) is 5.91 Å². The molecule has 2 N–H and O–H groups in total. The van der Waals surface area contributed by atoms with Crippen molar-refractivity contribution < 1.29 is 9.53 Å². The quantitative estimate of drug-likeness (QED) is 0.503. The number of nitrogens with zero attached hydrogens (tertiary/aromatic N) is 5. The van der Waals surface area contributed by atoms with Crippen molar-refractivity contribution in [1.82, 2.24) is 24.7 Å². The van der Waals surface area contributed by atoms with E-state index in [9.17, 15) is 4.79 Å². The lowest BCUT2D eigenvalue weighted by Gasteiger charge is -2.35. The smallest absolute Gasteiger partial charge is 0.254 e. The van der Waals surface area contributed by atoms with Crippen LogP contribution in [0.3, 0.4) is 0 Å². The van der Waals surface area contributed by atoms with Crippen LogP contribution in [0.2, 0.25) is 0 Å². The lowest BCUT2D eigenvalue weighted by atomic mass is 9.99. The predicted octanol–water partition coefficient (Wildman–Crippen LogP) is 3.00. The molecule has 1 aromatic carbocycles. The van der Waals surface area contributed by atoms with Gasteiger partial charge in [-0.25, -0.2) is 9.97 Å². The Kier molecular flexibility index (Phi) is 4.69. The summed E-state index contributed by atoms with van der Waals surface area (Å²) in [6.45, 7) is 4.91. The molecule has 1 saturated heterocycles. The van der Waals surface area contributed by atoms with Crippen LogP contribution in [0.15, 0.2) is 55.2 Å². The number of hydrogen-bond acceptors (Lipinski definition) is 7. The fourth-order valence-electron chi connectivity index (χ4n) is 4.61. The number of imidazole rings is 1. The molecular weight excluding hydrogens is 418 g/mol. The molecule has 1 amide bonds. The molecule has 1 fully saturated rings. The second kappa shape index (κ2) is 7.86. The van der Waals surface area contributed by atoms with Crippen molar-refractivity contribution in [1.29, 1.82) is 0 Å². The second-order valence-electron chi connectivity index (χ2n) is 8.29. The minimum absolute atomic E-state index is 0.0939. The molecular formula is C24H23N7O2. The Bertz CT molecular complexity index is 1350. The van der Waals surface area contributed by atoms with Gasteiger partial charge in [-0.15, -0.1) is 0 Å². The van der Waals surface area contributed by atoms with Gasteiger partial charge in [0.05, 0.1) is 54.4 Å². The van der Waals surface area contributed by atoms with Gasteiger partial charge in [0.25, 0.3) is 5.91 Å². The van der Waals surface area contributed by atoms with Crippen LogP contribution >= 0.6 is 0 Å². The summed E-state index contributed by atoms with van der Waals surface area (Å²) in [5, 5.41) is 6.30. The highest BCUT2D eigenvalue weighted by Gasteiger charge is 2.27. The number of nitrogens with one attached hydrogen (secondary N) is 2. The maximum atomic E-state index is 12.7. The summed E-state index contributed by atoms with van der Waals surface area (Å²) in [7, 11) is 0. The molecule has 5 heterocycles. The molecule has 3 aromatic heterocycles. The number of amides is 1. The maximum Gasteiger partial charge on any atom is 0.254 e. The largest absolute Gasteiger partial charge is 0.377 e. The van der Waals surface area contributed by atoms with Crippen molar-refractivity contribution in [3.05, 3.63) is 66.4 Å². The van der Waals surface area contributed by atoms with Gasteiger partial charge in [-0.05, 0) is 30.7 Å². The van der Waals surface area contributed by atoms with Gasteiger partial charge in [-0.2, -0.15) is 0 Å². The zero-order valence-electron chi connectivity index (χ0n) is 18.2. The van der Waals surface area contributed by atoms with Crippen molar-refractivity contribution in [2.75, 3.05) is 30.0 Å². The maximum absolute atomic E-state index is 12.7. The summed E-state index contributed by atoms with van der Waals surface area (Å²) < 4.78 is 7.51. The summed E-state index contributed by atoms with van der Waals surface area (Å²) in [4.78, 5) is 28.2. The number of rotatable bonds is 4. The molecule has 33 heavy (non-hydrogen) atoms. The first-order valence-electron chi connectivity index (χ1n) is 11.0.